The van der Waals surface area contributed by atoms with Crippen LogP contribution in [0.25, 0.3) is 0 Å². The van der Waals surface area contributed by atoms with Crippen molar-refractivity contribution in [3.05, 3.63) is 28.8 Å². The molecule has 20 heavy (non-hydrogen) atoms. The van der Waals surface area contributed by atoms with Crippen LogP contribution in [-0.4, -0.2) is 18.6 Å². The Kier molecular flexibility index (Phi) is 5.34. The summed E-state index contributed by atoms with van der Waals surface area (Å²) < 4.78 is 0. The molecular weight excluding hydrogens is 268 g/mol. The summed E-state index contributed by atoms with van der Waals surface area (Å²) in [6.45, 7) is 9.82. The van der Waals surface area contributed by atoms with Gasteiger partial charge >= 0.3 is 0 Å². The summed E-state index contributed by atoms with van der Waals surface area (Å²) in [5.74, 6) is 0. The summed E-state index contributed by atoms with van der Waals surface area (Å²) in [5.41, 5.74) is 2.80. The maximum atomic E-state index is 6.22. The molecule has 1 saturated heterocycles. The lowest BCUT2D eigenvalue weighted by Gasteiger charge is -2.28. The first-order valence-corrected chi connectivity index (χ1v) is 8.12. The summed E-state index contributed by atoms with van der Waals surface area (Å²) in [4.78, 5) is 2.51. The third kappa shape index (κ3) is 4.68. The SMILES string of the molecule is CC(C)(C)NCc1ccc(Cl)cc1N1CCCCCC1. The summed E-state index contributed by atoms with van der Waals surface area (Å²) in [5, 5.41) is 4.42. The zero-order valence-corrected chi connectivity index (χ0v) is 13.8. The zero-order chi connectivity index (χ0) is 14.6. The van der Waals surface area contributed by atoms with Crippen molar-refractivity contribution in [3.63, 3.8) is 0 Å². The largest absolute Gasteiger partial charge is 0.371 e. The van der Waals surface area contributed by atoms with Crippen molar-refractivity contribution in [2.75, 3.05) is 18.0 Å². The Labute approximate surface area is 128 Å². The smallest absolute Gasteiger partial charge is 0.0426 e. The van der Waals surface area contributed by atoms with E-state index in [-0.39, 0.29) is 5.54 Å². The Morgan fingerprint density at radius 2 is 1.75 bits per heavy atom. The molecule has 1 aliphatic rings. The van der Waals surface area contributed by atoms with Crippen LogP contribution >= 0.6 is 11.6 Å². The molecule has 1 aliphatic heterocycles. The number of hydrogen-bond acceptors (Lipinski definition) is 2. The van der Waals surface area contributed by atoms with Gasteiger partial charge in [0.15, 0.2) is 0 Å². The average molecular weight is 295 g/mol. The molecule has 1 aromatic carbocycles. The Balaban J connectivity index is 2.18. The zero-order valence-electron chi connectivity index (χ0n) is 13.0. The highest BCUT2D eigenvalue weighted by Gasteiger charge is 2.16. The summed E-state index contributed by atoms with van der Waals surface area (Å²) in [6.07, 6.45) is 5.29. The van der Waals surface area contributed by atoms with Crippen LogP contribution in [-0.2, 0) is 6.54 Å². The summed E-state index contributed by atoms with van der Waals surface area (Å²) in [6, 6.07) is 6.30. The molecule has 112 valence electrons. The molecule has 0 aliphatic carbocycles. The minimum absolute atomic E-state index is 0.135. The van der Waals surface area contributed by atoms with Gasteiger partial charge in [0.1, 0.15) is 0 Å². The van der Waals surface area contributed by atoms with Crippen molar-refractivity contribution >= 4 is 17.3 Å². The lowest BCUT2D eigenvalue weighted by atomic mass is 10.1. The molecule has 0 aromatic heterocycles. The van der Waals surface area contributed by atoms with Crippen molar-refractivity contribution in [2.24, 2.45) is 0 Å². The Bertz CT molecular complexity index is 429. The molecule has 0 atom stereocenters. The summed E-state index contributed by atoms with van der Waals surface area (Å²) in [7, 11) is 0. The Hall–Kier alpha value is -0.730. The molecule has 0 bridgehead atoms. The number of hydrogen-bond donors (Lipinski definition) is 1. The van der Waals surface area contributed by atoms with Gasteiger partial charge in [0.05, 0.1) is 0 Å². The van der Waals surface area contributed by atoms with Crippen LogP contribution in [0.15, 0.2) is 18.2 Å². The fourth-order valence-electron chi connectivity index (χ4n) is 2.65. The predicted octanol–water partition coefficient (Wildman–Crippen LogP) is 4.61. The van der Waals surface area contributed by atoms with E-state index in [2.05, 4.69) is 43.1 Å². The first kappa shape index (κ1) is 15.7. The molecule has 0 radical (unpaired) electrons. The van der Waals surface area contributed by atoms with E-state index in [1.54, 1.807) is 0 Å². The van der Waals surface area contributed by atoms with Crippen LogP contribution in [0.4, 0.5) is 5.69 Å². The molecule has 1 fully saturated rings. The maximum Gasteiger partial charge on any atom is 0.0426 e. The molecule has 0 saturated carbocycles. The third-order valence-electron chi connectivity index (χ3n) is 3.80. The van der Waals surface area contributed by atoms with E-state index in [4.69, 9.17) is 11.6 Å². The number of nitrogens with zero attached hydrogens (tertiary/aromatic N) is 1. The van der Waals surface area contributed by atoms with Gasteiger partial charge in [0.2, 0.25) is 0 Å². The minimum atomic E-state index is 0.135. The normalized spacial score (nSPS) is 17.1. The van der Waals surface area contributed by atoms with Crippen molar-refractivity contribution in [1.82, 2.24) is 5.32 Å². The first-order valence-electron chi connectivity index (χ1n) is 7.74. The highest BCUT2D eigenvalue weighted by Crippen LogP contribution is 2.27. The van der Waals surface area contributed by atoms with E-state index in [9.17, 15) is 0 Å². The third-order valence-corrected chi connectivity index (χ3v) is 4.04. The van der Waals surface area contributed by atoms with Gasteiger partial charge < -0.3 is 10.2 Å². The minimum Gasteiger partial charge on any atom is -0.371 e. The molecule has 0 spiro atoms. The lowest BCUT2D eigenvalue weighted by molar-refractivity contribution is 0.424. The Morgan fingerprint density at radius 3 is 2.35 bits per heavy atom. The van der Waals surface area contributed by atoms with Gasteiger partial charge in [-0.25, -0.2) is 0 Å². The van der Waals surface area contributed by atoms with E-state index in [0.717, 1.165) is 24.7 Å². The van der Waals surface area contributed by atoms with Gasteiger partial charge in [-0.3, -0.25) is 0 Å². The first-order chi connectivity index (χ1) is 9.46. The quantitative estimate of drug-likeness (QED) is 0.876. The number of rotatable bonds is 3. The van der Waals surface area contributed by atoms with E-state index in [1.165, 1.54) is 36.9 Å². The standard InChI is InChI=1S/C17H27ClN2/c1-17(2,3)19-13-14-8-9-15(18)12-16(14)20-10-6-4-5-7-11-20/h8-9,12,19H,4-7,10-11,13H2,1-3H3. The molecule has 0 amide bonds. The van der Waals surface area contributed by atoms with Crippen LogP contribution in [0.1, 0.15) is 52.0 Å². The summed E-state index contributed by atoms with van der Waals surface area (Å²) >= 11 is 6.22. The van der Waals surface area contributed by atoms with Gasteiger partial charge in [0.25, 0.3) is 0 Å². The van der Waals surface area contributed by atoms with Gasteiger partial charge in [-0.05, 0) is 51.3 Å². The average Bonchev–Trinajstić information content (AvgIpc) is 2.65. The topological polar surface area (TPSA) is 15.3 Å². The fourth-order valence-corrected chi connectivity index (χ4v) is 2.82. The van der Waals surface area contributed by atoms with Gasteiger partial charge in [-0.15, -0.1) is 0 Å². The Morgan fingerprint density at radius 1 is 1.10 bits per heavy atom. The second-order valence-corrected chi connectivity index (χ2v) is 7.21. The van der Waals surface area contributed by atoms with E-state index in [0.29, 0.717) is 0 Å². The van der Waals surface area contributed by atoms with Crippen molar-refractivity contribution < 1.29 is 0 Å². The van der Waals surface area contributed by atoms with E-state index < -0.39 is 0 Å². The molecule has 1 heterocycles. The van der Waals surface area contributed by atoms with Crippen LogP contribution in [0.3, 0.4) is 0 Å². The van der Waals surface area contributed by atoms with Crippen molar-refractivity contribution in [3.8, 4) is 0 Å². The molecule has 1 aromatic rings. The van der Waals surface area contributed by atoms with Gasteiger partial charge in [0, 0.05) is 35.9 Å². The van der Waals surface area contributed by atoms with Crippen LogP contribution in [0.2, 0.25) is 5.02 Å². The maximum absolute atomic E-state index is 6.22. The molecule has 1 N–H and O–H groups in total. The van der Waals surface area contributed by atoms with Gasteiger partial charge in [-0.1, -0.05) is 30.5 Å². The number of benzene rings is 1. The predicted molar refractivity (Wildman–Crippen MR) is 88.7 cm³/mol. The van der Waals surface area contributed by atoms with Gasteiger partial charge in [-0.2, -0.15) is 0 Å². The highest BCUT2D eigenvalue weighted by atomic mass is 35.5. The number of halogens is 1. The fraction of sp³-hybridized carbons (Fsp3) is 0.647. The second kappa shape index (κ2) is 6.82. The second-order valence-electron chi connectivity index (χ2n) is 6.78. The number of anilines is 1. The molecule has 0 unspecified atom stereocenters. The highest BCUT2D eigenvalue weighted by molar-refractivity contribution is 6.30. The monoisotopic (exact) mass is 294 g/mol. The van der Waals surface area contributed by atoms with E-state index >= 15 is 0 Å². The molecule has 3 heteroatoms. The van der Waals surface area contributed by atoms with Crippen molar-refractivity contribution in [1.29, 1.82) is 0 Å². The molecular formula is C17H27ClN2. The van der Waals surface area contributed by atoms with E-state index in [1.807, 2.05) is 6.07 Å². The number of nitrogens with one attached hydrogen (secondary N) is 1. The molecule has 2 rings (SSSR count). The van der Waals surface area contributed by atoms with Crippen LogP contribution < -0.4 is 10.2 Å². The van der Waals surface area contributed by atoms with Crippen LogP contribution in [0, 0.1) is 0 Å². The molecule has 2 nitrogen and oxygen atoms in total. The van der Waals surface area contributed by atoms with Crippen molar-refractivity contribution in [2.45, 2.75) is 58.5 Å². The lowest BCUT2D eigenvalue weighted by Crippen LogP contribution is -2.36. The van der Waals surface area contributed by atoms with Crippen LogP contribution in [0.5, 0.6) is 0 Å².